The number of carbonyl (C=O) groups excluding carboxylic acids is 3. The summed E-state index contributed by atoms with van der Waals surface area (Å²) in [7, 11) is 0. The number of aryl methyl sites for hydroxylation is 1. The molecule has 1 saturated heterocycles. The van der Waals surface area contributed by atoms with Crippen LogP contribution in [0.15, 0.2) is 42.5 Å². The van der Waals surface area contributed by atoms with Gasteiger partial charge in [0.25, 0.3) is 0 Å². The molecule has 1 amide bonds. The van der Waals surface area contributed by atoms with Gasteiger partial charge in [-0.25, -0.2) is 0 Å². The summed E-state index contributed by atoms with van der Waals surface area (Å²) < 4.78 is 0. The third-order valence-corrected chi connectivity index (χ3v) is 6.26. The molecule has 3 atom stereocenters. The molecule has 0 saturated carbocycles. The second kappa shape index (κ2) is 7.82. The maximum atomic E-state index is 12.8. The van der Waals surface area contributed by atoms with Gasteiger partial charge in [0.15, 0.2) is 5.78 Å². The number of nitrogens with zero attached hydrogens (tertiary/aromatic N) is 1. The summed E-state index contributed by atoms with van der Waals surface area (Å²) in [6, 6.07) is 13.4. The zero-order valence-corrected chi connectivity index (χ0v) is 16.5. The molecule has 1 N–H and O–H groups in total. The van der Waals surface area contributed by atoms with E-state index in [1.54, 1.807) is 11.0 Å². The number of amides is 1. The molecule has 0 aliphatic carbocycles. The molecule has 2 aliphatic rings. The van der Waals surface area contributed by atoms with Gasteiger partial charge in [-0.3, -0.25) is 9.59 Å². The predicted octanol–water partition coefficient (Wildman–Crippen LogP) is 4.03. The number of Topliss-reactive ketones (excluding diaryl/α,β-unsaturated/α-hetero) is 1. The van der Waals surface area contributed by atoms with E-state index < -0.39 is 12.0 Å². The number of carbonyl (C=O) groups is 3. The highest BCUT2D eigenvalue weighted by Gasteiger charge is 2.47. The topological polar surface area (TPSA) is 74.7 Å². The third-order valence-electron chi connectivity index (χ3n) is 6.26. The van der Waals surface area contributed by atoms with E-state index in [9.17, 15) is 19.5 Å². The van der Waals surface area contributed by atoms with Crippen LogP contribution in [0.4, 0.5) is 5.69 Å². The van der Waals surface area contributed by atoms with E-state index in [1.165, 1.54) is 5.56 Å². The van der Waals surface area contributed by atoms with E-state index >= 15 is 0 Å². The molecule has 5 heteroatoms. The highest BCUT2D eigenvalue weighted by atomic mass is 16.3. The van der Waals surface area contributed by atoms with Gasteiger partial charge in [-0.1, -0.05) is 37.3 Å². The number of ketones is 1. The van der Waals surface area contributed by atoms with Crippen LogP contribution in [0.1, 0.15) is 60.0 Å². The molecule has 0 bridgehead atoms. The van der Waals surface area contributed by atoms with Crippen molar-refractivity contribution in [3.05, 3.63) is 59.2 Å². The molecule has 3 unspecified atom stereocenters. The zero-order chi connectivity index (χ0) is 20.5. The molecule has 5 nitrogen and oxygen atoms in total. The molecule has 2 aromatic carbocycles. The number of hydrogen-bond donors (Lipinski definition) is 1. The molecular formula is C24H25NO4. The van der Waals surface area contributed by atoms with E-state index in [4.69, 9.17) is 0 Å². The molecule has 0 radical (unpaired) electrons. The van der Waals surface area contributed by atoms with Crippen LogP contribution in [0, 0.1) is 5.92 Å². The molecule has 2 aromatic rings. The summed E-state index contributed by atoms with van der Waals surface area (Å²) in [4.78, 5) is 38.4. The number of benzene rings is 2. The molecule has 1 fully saturated rings. The van der Waals surface area contributed by atoms with E-state index in [2.05, 4.69) is 19.1 Å². The SMILES string of the molecule is CC(CCCc1ccccc1)c1cc(O)c2c(c1)N1C(=O)CCC1C(C=O)C2=O. The number of phenolic OH excluding ortho intramolecular Hbond substituents is 1. The summed E-state index contributed by atoms with van der Waals surface area (Å²) in [6.45, 7) is 2.09. The summed E-state index contributed by atoms with van der Waals surface area (Å²) in [5.74, 6) is -1.34. The first-order valence-corrected chi connectivity index (χ1v) is 10.2. The van der Waals surface area contributed by atoms with Crippen molar-refractivity contribution in [1.29, 1.82) is 0 Å². The minimum absolute atomic E-state index is 0.0936. The zero-order valence-electron chi connectivity index (χ0n) is 16.5. The van der Waals surface area contributed by atoms with Gasteiger partial charge in [0, 0.05) is 6.42 Å². The number of aromatic hydroxyl groups is 1. The summed E-state index contributed by atoms with van der Waals surface area (Å²) in [6.07, 6.45) is 4.33. The van der Waals surface area contributed by atoms with Crippen LogP contribution in [0.2, 0.25) is 0 Å². The molecule has 2 aliphatic heterocycles. The van der Waals surface area contributed by atoms with Gasteiger partial charge in [-0.05, 0) is 54.9 Å². The molecular weight excluding hydrogens is 366 g/mol. The summed E-state index contributed by atoms with van der Waals surface area (Å²) >= 11 is 0. The van der Waals surface area contributed by atoms with Crippen molar-refractivity contribution >= 4 is 23.7 Å². The number of aldehydes is 1. The Kier molecular flexibility index (Phi) is 5.22. The van der Waals surface area contributed by atoms with Crippen LogP contribution in [0.5, 0.6) is 5.75 Å². The fourth-order valence-electron chi connectivity index (χ4n) is 4.64. The Hall–Kier alpha value is -2.95. The predicted molar refractivity (Wildman–Crippen MR) is 110 cm³/mol. The van der Waals surface area contributed by atoms with Crippen LogP contribution in [-0.4, -0.2) is 29.1 Å². The number of fused-ring (bicyclic) bond motifs is 3. The van der Waals surface area contributed by atoms with Gasteiger partial charge >= 0.3 is 0 Å². The van der Waals surface area contributed by atoms with Gasteiger partial charge < -0.3 is 14.8 Å². The fraction of sp³-hybridized carbons (Fsp3) is 0.375. The van der Waals surface area contributed by atoms with Gasteiger partial charge in [-0.2, -0.15) is 0 Å². The van der Waals surface area contributed by atoms with Crippen molar-refractivity contribution in [2.45, 2.75) is 51.0 Å². The minimum atomic E-state index is -0.894. The maximum absolute atomic E-state index is 12.8. The van der Waals surface area contributed by atoms with Crippen molar-refractivity contribution in [1.82, 2.24) is 0 Å². The molecule has 4 rings (SSSR count). The highest BCUT2D eigenvalue weighted by Crippen LogP contribution is 2.44. The smallest absolute Gasteiger partial charge is 0.227 e. The molecule has 150 valence electrons. The normalized spacial score (nSPS) is 21.6. The van der Waals surface area contributed by atoms with Crippen LogP contribution in [-0.2, 0) is 16.0 Å². The molecule has 0 aromatic heterocycles. The standard InChI is InChI=1S/C24H25NO4/c1-15(6-5-9-16-7-3-2-4-8-16)17-12-20-23(21(27)13-17)24(29)18(14-26)19-10-11-22(28)25(19)20/h2-4,7-8,12-15,18-19,27H,5-6,9-11H2,1H3. The van der Waals surface area contributed by atoms with Crippen LogP contribution in [0.3, 0.4) is 0 Å². The number of anilines is 1. The second-order valence-corrected chi connectivity index (χ2v) is 8.11. The van der Waals surface area contributed by atoms with Crippen LogP contribution >= 0.6 is 0 Å². The van der Waals surface area contributed by atoms with Crippen LogP contribution in [0.25, 0.3) is 0 Å². The first kappa shape index (κ1) is 19.4. The van der Waals surface area contributed by atoms with Crippen molar-refractivity contribution in [3.8, 4) is 5.75 Å². The largest absolute Gasteiger partial charge is 0.507 e. The molecule has 29 heavy (non-hydrogen) atoms. The summed E-state index contributed by atoms with van der Waals surface area (Å²) in [5, 5.41) is 10.6. The Bertz CT molecular complexity index is 953. The lowest BCUT2D eigenvalue weighted by Crippen LogP contribution is -2.47. The average molecular weight is 391 g/mol. The molecule has 0 spiro atoms. The monoisotopic (exact) mass is 391 g/mol. The number of hydrogen-bond acceptors (Lipinski definition) is 4. The Morgan fingerprint density at radius 1 is 1.21 bits per heavy atom. The maximum Gasteiger partial charge on any atom is 0.227 e. The Labute approximate surface area is 170 Å². The number of rotatable bonds is 6. The first-order chi connectivity index (χ1) is 14.0. The summed E-state index contributed by atoms with van der Waals surface area (Å²) in [5.41, 5.74) is 2.77. The van der Waals surface area contributed by atoms with E-state index in [0.717, 1.165) is 24.8 Å². The Morgan fingerprint density at radius 2 is 1.97 bits per heavy atom. The molecule has 2 heterocycles. The van der Waals surface area contributed by atoms with Gasteiger partial charge in [0.2, 0.25) is 5.91 Å². The minimum Gasteiger partial charge on any atom is -0.507 e. The lowest BCUT2D eigenvalue weighted by atomic mass is 9.83. The van der Waals surface area contributed by atoms with Crippen molar-refractivity contribution in [2.24, 2.45) is 5.92 Å². The lowest BCUT2D eigenvalue weighted by molar-refractivity contribution is -0.117. The fourth-order valence-corrected chi connectivity index (χ4v) is 4.64. The quantitative estimate of drug-likeness (QED) is 0.596. The van der Waals surface area contributed by atoms with Crippen LogP contribution < -0.4 is 4.90 Å². The Balaban J connectivity index is 1.59. The van der Waals surface area contributed by atoms with Gasteiger partial charge in [0.05, 0.1) is 23.2 Å². The number of phenols is 1. The van der Waals surface area contributed by atoms with Crippen molar-refractivity contribution in [3.63, 3.8) is 0 Å². The van der Waals surface area contributed by atoms with E-state index in [-0.39, 0.29) is 28.9 Å². The first-order valence-electron chi connectivity index (χ1n) is 10.2. The van der Waals surface area contributed by atoms with Crippen molar-refractivity contribution < 1.29 is 19.5 Å². The second-order valence-electron chi connectivity index (χ2n) is 8.11. The van der Waals surface area contributed by atoms with Crippen molar-refractivity contribution in [2.75, 3.05) is 4.90 Å². The van der Waals surface area contributed by atoms with Gasteiger partial charge in [0.1, 0.15) is 12.0 Å². The van der Waals surface area contributed by atoms with E-state index in [1.807, 2.05) is 24.3 Å². The average Bonchev–Trinajstić information content (AvgIpc) is 3.10. The van der Waals surface area contributed by atoms with E-state index in [0.29, 0.717) is 24.8 Å². The highest BCUT2D eigenvalue weighted by molar-refractivity contribution is 6.17. The van der Waals surface area contributed by atoms with Gasteiger partial charge in [-0.15, -0.1) is 0 Å². The lowest BCUT2D eigenvalue weighted by Gasteiger charge is -2.35. The third kappa shape index (κ3) is 3.46. The Morgan fingerprint density at radius 3 is 2.69 bits per heavy atom.